The number of amides is 1. The predicted molar refractivity (Wildman–Crippen MR) is 90.2 cm³/mol. The molecule has 1 aliphatic rings. The van der Waals surface area contributed by atoms with E-state index in [1.54, 1.807) is 13.2 Å². The van der Waals surface area contributed by atoms with Gasteiger partial charge >= 0.3 is 0 Å². The van der Waals surface area contributed by atoms with Gasteiger partial charge in [0.15, 0.2) is 5.17 Å². The largest absolute Gasteiger partial charge is 0.497 e. The molecule has 2 aromatic rings. The zero-order valence-electron chi connectivity index (χ0n) is 12.2. The number of carbonyl (C=O) groups is 1. The minimum Gasteiger partial charge on any atom is -0.497 e. The third kappa shape index (κ3) is 3.12. The van der Waals surface area contributed by atoms with E-state index in [9.17, 15) is 9.18 Å². The number of hydrogen-bond donors (Lipinski definition) is 1. The first-order valence-corrected chi connectivity index (χ1v) is 7.62. The fourth-order valence-electron chi connectivity index (χ4n) is 2.19. The molecule has 1 aliphatic heterocycles. The first-order valence-electron chi connectivity index (χ1n) is 6.80. The first kappa shape index (κ1) is 15.3. The second kappa shape index (κ2) is 6.26. The lowest BCUT2D eigenvalue weighted by molar-refractivity contribution is -0.113. The Labute approximate surface area is 137 Å². The van der Waals surface area contributed by atoms with Gasteiger partial charge < -0.3 is 4.74 Å². The third-order valence-electron chi connectivity index (χ3n) is 3.30. The Morgan fingerprint density at radius 3 is 2.65 bits per heavy atom. The molecule has 0 aliphatic carbocycles. The number of amidine groups is 1. The highest BCUT2D eigenvalue weighted by Gasteiger charge is 2.33. The number of benzene rings is 2. The lowest BCUT2D eigenvalue weighted by atomic mass is 10.2. The molecule has 1 heterocycles. The zero-order chi connectivity index (χ0) is 16.4. The fraction of sp³-hybridized carbons (Fsp3) is 0.0588. The van der Waals surface area contributed by atoms with Crippen molar-refractivity contribution >= 4 is 34.6 Å². The molecule has 0 unspecified atom stereocenters. The maximum absolute atomic E-state index is 13.0. The summed E-state index contributed by atoms with van der Waals surface area (Å²) in [6.07, 6.45) is 1.72. The van der Waals surface area contributed by atoms with Gasteiger partial charge in [0.1, 0.15) is 11.6 Å². The molecule has 0 atom stereocenters. The number of ether oxygens (including phenoxy) is 1. The average molecular weight is 328 g/mol. The minimum absolute atomic E-state index is 0.0933. The summed E-state index contributed by atoms with van der Waals surface area (Å²) < 4.78 is 18.2. The Morgan fingerprint density at radius 2 is 1.96 bits per heavy atom. The summed E-state index contributed by atoms with van der Waals surface area (Å²) >= 11 is 1.08. The average Bonchev–Trinajstić information content (AvgIpc) is 2.83. The molecule has 0 radical (unpaired) electrons. The molecule has 4 nitrogen and oxygen atoms in total. The fourth-order valence-corrected chi connectivity index (χ4v) is 3.06. The van der Waals surface area contributed by atoms with Crippen molar-refractivity contribution in [3.63, 3.8) is 0 Å². The van der Waals surface area contributed by atoms with Crippen molar-refractivity contribution in [3.05, 3.63) is 64.8 Å². The van der Waals surface area contributed by atoms with E-state index in [0.29, 0.717) is 16.3 Å². The van der Waals surface area contributed by atoms with E-state index in [2.05, 4.69) is 0 Å². The number of rotatable bonds is 3. The smallest absolute Gasteiger partial charge is 0.271 e. The zero-order valence-corrected chi connectivity index (χ0v) is 13.1. The lowest BCUT2D eigenvalue weighted by Gasteiger charge is -2.13. The predicted octanol–water partition coefficient (Wildman–Crippen LogP) is 3.89. The van der Waals surface area contributed by atoms with Crippen LogP contribution in [0, 0.1) is 11.2 Å². The topological polar surface area (TPSA) is 53.4 Å². The molecule has 1 saturated heterocycles. The Bertz CT molecular complexity index is 802. The number of nitrogens with zero attached hydrogens (tertiary/aromatic N) is 1. The maximum Gasteiger partial charge on any atom is 0.271 e. The van der Waals surface area contributed by atoms with Crippen molar-refractivity contribution in [1.82, 2.24) is 0 Å². The summed E-state index contributed by atoms with van der Waals surface area (Å²) in [5.41, 5.74) is 1.29. The van der Waals surface area contributed by atoms with Crippen molar-refractivity contribution in [2.45, 2.75) is 0 Å². The Morgan fingerprint density at radius 1 is 1.22 bits per heavy atom. The van der Waals surface area contributed by atoms with Crippen molar-refractivity contribution in [2.75, 3.05) is 12.0 Å². The van der Waals surface area contributed by atoms with Crippen LogP contribution in [0.5, 0.6) is 5.75 Å². The van der Waals surface area contributed by atoms with E-state index in [-0.39, 0.29) is 16.9 Å². The van der Waals surface area contributed by atoms with Crippen molar-refractivity contribution < 1.29 is 13.9 Å². The van der Waals surface area contributed by atoms with Gasteiger partial charge in [-0.15, -0.1) is 0 Å². The van der Waals surface area contributed by atoms with Gasteiger partial charge in [-0.3, -0.25) is 15.1 Å². The Balaban J connectivity index is 1.91. The summed E-state index contributed by atoms with van der Waals surface area (Å²) in [5.74, 6) is 0.0152. The molecule has 6 heteroatoms. The van der Waals surface area contributed by atoms with E-state index in [0.717, 1.165) is 17.3 Å². The summed E-state index contributed by atoms with van der Waals surface area (Å²) in [6, 6.07) is 12.8. The Hall–Kier alpha value is -2.60. The molecule has 1 amide bonds. The number of methoxy groups -OCH3 is 1. The molecule has 116 valence electrons. The monoisotopic (exact) mass is 328 g/mol. The lowest BCUT2D eigenvalue weighted by Crippen LogP contribution is -2.28. The number of carbonyl (C=O) groups excluding carboxylic acids is 1. The number of anilines is 1. The number of thioether (sulfide) groups is 1. The van der Waals surface area contributed by atoms with Crippen LogP contribution in [0.4, 0.5) is 10.1 Å². The minimum atomic E-state index is -0.383. The van der Waals surface area contributed by atoms with Crippen LogP contribution in [0.2, 0.25) is 0 Å². The number of halogens is 1. The van der Waals surface area contributed by atoms with Gasteiger partial charge in [0.2, 0.25) is 0 Å². The van der Waals surface area contributed by atoms with E-state index in [4.69, 9.17) is 10.1 Å². The van der Waals surface area contributed by atoms with Crippen LogP contribution in [0.15, 0.2) is 53.4 Å². The van der Waals surface area contributed by atoms with Crippen molar-refractivity contribution in [3.8, 4) is 5.75 Å². The highest BCUT2D eigenvalue weighted by Crippen LogP contribution is 2.35. The molecule has 0 bridgehead atoms. The molecule has 0 aromatic heterocycles. The standard InChI is InChI=1S/C17H13FN2O2S/c1-22-14-4-2-3-11(9-14)10-15-16(21)20(17(19)23-15)13-7-5-12(18)6-8-13/h2-10,19H,1H3. The molecule has 0 spiro atoms. The van der Waals surface area contributed by atoms with Crippen LogP contribution in [0.3, 0.4) is 0 Å². The van der Waals surface area contributed by atoms with Gasteiger partial charge in [0, 0.05) is 0 Å². The first-order chi connectivity index (χ1) is 11.1. The quantitative estimate of drug-likeness (QED) is 0.870. The van der Waals surface area contributed by atoms with Crippen LogP contribution >= 0.6 is 11.8 Å². The van der Waals surface area contributed by atoms with Crippen LogP contribution in [0.25, 0.3) is 6.08 Å². The van der Waals surface area contributed by atoms with Crippen LogP contribution in [-0.4, -0.2) is 18.2 Å². The summed E-state index contributed by atoms with van der Waals surface area (Å²) in [7, 11) is 1.58. The number of nitrogens with one attached hydrogen (secondary N) is 1. The molecule has 1 N–H and O–H groups in total. The second-order valence-corrected chi connectivity index (χ2v) is 5.84. The molecular weight excluding hydrogens is 315 g/mol. The van der Waals surface area contributed by atoms with Gasteiger partial charge in [-0.1, -0.05) is 12.1 Å². The molecule has 1 fully saturated rings. The van der Waals surface area contributed by atoms with Gasteiger partial charge in [-0.05, 0) is 59.8 Å². The third-order valence-corrected chi connectivity index (χ3v) is 4.19. The molecular formula is C17H13FN2O2S. The maximum atomic E-state index is 13.0. The summed E-state index contributed by atoms with van der Waals surface area (Å²) in [5, 5.41) is 8.10. The highest BCUT2D eigenvalue weighted by atomic mass is 32.2. The summed E-state index contributed by atoms with van der Waals surface area (Å²) in [4.78, 5) is 14.2. The highest BCUT2D eigenvalue weighted by molar-refractivity contribution is 8.19. The van der Waals surface area contributed by atoms with Crippen molar-refractivity contribution in [1.29, 1.82) is 5.41 Å². The van der Waals surface area contributed by atoms with Crippen LogP contribution in [0.1, 0.15) is 5.56 Å². The second-order valence-electron chi connectivity index (χ2n) is 4.81. The van der Waals surface area contributed by atoms with E-state index in [1.165, 1.54) is 29.2 Å². The van der Waals surface area contributed by atoms with Crippen LogP contribution in [-0.2, 0) is 4.79 Å². The van der Waals surface area contributed by atoms with Crippen molar-refractivity contribution in [2.24, 2.45) is 0 Å². The van der Waals surface area contributed by atoms with E-state index >= 15 is 0 Å². The number of hydrogen-bond acceptors (Lipinski definition) is 4. The van der Waals surface area contributed by atoms with Gasteiger partial charge in [-0.25, -0.2) is 4.39 Å². The van der Waals surface area contributed by atoms with E-state index < -0.39 is 0 Å². The Kier molecular flexibility index (Phi) is 4.16. The molecule has 3 rings (SSSR count). The van der Waals surface area contributed by atoms with E-state index in [1.807, 2.05) is 24.3 Å². The normalized spacial score (nSPS) is 16.3. The SMILES string of the molecule is COc1cccc(C=C2SC(=N)N(c3ccc(F)cc3)C2=O)c1. The summed E-state index contributed by atoms with van der Waals surface area (Å²) in [6.45, 7) is 0. The van der Waals surface area contributed by atoms with Crippen LogP contribution < -0.4 is 9.64 Å². The van der Waals surface area contributed by atoms with Gasteiger partial charge in [0.05, 0.1) is 17.7 Å². The molecule has 23 heavy (non-hydrogen) atoms. The van der Waals surface area contributed by atoms with Gasteiger partial charge in [-0.2, -0.15) is 0 Å². The van der Waals surface area contributed by atoms with Gasteiger partial charge in [0.25, 0.3) is 5.91 Å². The molecule has 2 aromatic carbocycles. The molecule has 0 saturated carbocycles.